The Morgan fingerprint density at radius 2 is 2.29 bits per heavy atom. The van der Waals surface area contributed by atoms with E-state index in [2.05, 4.69) is 23.7 Å². The van der Waals surface area contributed by atoms with Gasteiger partial charge in [-0.1, -0.05) is 0 Å². The van der Waals surface area contributed by atoms with E-state index in [0.717, 1.165) is 18.9 Å². The van der Waals surface area contributed by atoms with Crippen LogP contribution in [0.25, 0.3) is 0 Å². The molecule has 1 aromatic rings. The lowest BCUT2D eigenvalue weighted by atomic mass is 10.0. The van der Waals surface area contributed by atoms with E-state index >= 15 is 0 Å². The molecule has 0 spiro atoms. The molecule has 1 aromatic heterocycles. The number of aromatic nitrogens is 2. The van der Waals surface area contributed by atoms with Crippen LogP contribution in [0.1, 0.15) is 20.3 Å². The first-order chi connectivity index (χ1) is 6.53. The second-order valence-electron chi connectivity index (χ2n) is 4.40. The molecule has 0 aromatic carbocycles. The van der Waals surface area contributed by atoms with Crippen molar-refractivity contribution in [1.29, 1.82) is 0 Å². The lowest BCUT2D eigenvalue weighted by molar-refractivity contribution is 0.511. The molecule has 0 bridgehead atoms. The van der Waals surface area contributed by atoms with E-state index in [9.17, 15) is 0 Å². The summed E-state index contributed by atoms with van der Waals surface area (Å²) in [4.78, 5) is 6.64. The maximum Gasteiger partial charge on any atom is 0.205 e. The fourth-order valence-electron chi connectivity index (χ4n) is 2.03. The summed E-state index contributed by atoms with van der Waals surface area (Å²) in [5, 5.41) is 0.208. The number of imidazole rings is 1. The first kappa shape index (κ1) is 9.84. The number of anilines is 1. The largest absolute Gasteiger partial charge is 0.336 e. The molecule has 2 heterocycles. The van der Waals surface area contributed by atoms with Crippen molar-refractivity contribution < 1.29 is 0 Å². The summed E-state index contributed by atoms with van der Waals surface area (Å²) in [6.45, 7) is 5.34. The van der Waals surface area contributed by atoms with E-state index in [1.807, 2.05) is 24.0 Å². The van der Waals surface area contributed by atoms with Crippen LogP contribution < -0.4 is 4.90 Å². The van der Waals surface area contributed by atoms with Crippen LogP contribution in [-0.4, -0.2) is 27.0 Å². The van der Waals surface area contributed by atoms with Crippen LogP contribution in [-0.2, 0) is 7.05 Å². The fraction of sp³-hybridized carbons (Fsp3) is 0.700. The summed E-state index contributed by atoms with van der Waals surface area (Å²) in [6, 6.07) is 0. The maximum absolute atomic E-state index is 6.29. The minimum absolute atomic E-state index is 0.000664. The van der Waals surface area contributed by atoms with Crippen molar-refractivity contribution in [2.45, 2.75) is 31.2 Å². The standard InChI is InChI=1S/C10H16ClN3/c1-10(2)8(11)4-6-14(10)9-12-5-7-13(9)3/h5,7-8H,4,6H2,1-3H3. The quantitative estimate of drug-likeness (QED) is 0.666. The SMILES string of the molecule is Cn1ccnc1N1CCC(Cl)C1(C)C. The molecule has 2 rings (SSSR count). The van der Waals surface area contributed by atoms with Gasteiger partial charge in [0.25, 0.3) is 0 Å². The molecule has 4 heteroatoms. The van der Waals surface area contributed by atoms with Crippen LogP contribution in [0, 0.1) is 0 Å². The van der Waals surface area contributed by atoms with Crippen molar-refractivity contribution in [2.75, 3.05) is 11.4 Å². The maximum atomic E-state index is 6.29. The van der Waals surface area contributed by atoms with Gasteiger partial charge >= 0.3 is 0 Å². The molecular weight excluding hydrogens is 198 g/mol. The Hall–Kier alpha value is -0.700. The van der Waals surface area contributed by atoms with Gasteiger partial charge in [0.1, 0.15) is 0 Å². The number of halogens is 1. The normalized spacial score (nSPS) is 25.7. The molecule has 0 amide bonds. The summed E-state index contributed by atoms with van der Waals surface area (Å²) in [5.41, 5.74) is 0.000664. The van der Waals surface area contributed by atoms with Crippen molar-refractivity contribution in [3.8, 4) is 0 Å². The lowest BCUT2D eigenvalue weighted by Gasteiger charge is -2.34. The van der Waals surface area contributed by atoms with Gasteiger partial charge in [-0.05, 0) is 20.3 Å². The summed E-state index contributed by atoms with van der Waals surface area (Å²) >= 11 is 6.29. The third-order valence-electron chi connectivity index (χ3n) is 3.11. The lowest BCUT2D eigenvalue weighted by Crippen LogP contribution is -2.44. The summed E-state index contributed by atoms with van der Waals surface area (Å²) in [6.07, 6.45) is 4.82. The van der Waals surface area contributed by atoms with Crippen LogP contribution in [0.15, 0.2) is 12.4 Å². The Kier molecular flexibility index (Phi) is 2.22. The third kappa shape index (κ3) is 1.31. The fourth-order valence-corrected chi connectivity index (χ4v) is 2.24. The van der Waals surface area contributed by atoms with Gasteiger partial charge in [0.2, 0.25) is 5.95 Å². The molecular formula is C10H16ClN3. The van der Waals surface area contributed by atoms with Gasteiger partial charge < -0.3 is 9.47 Å². The zero-order valence-electron chi connectivity index (χ0n) is 8.87. The third-order valence-corrected chi connectivity index (χ3v) is 3.86. The van der Waals surface area contributed by atoms with Crippen molar-refractivity contribution in [3.63, 3.8) is 0 Å². The molecule has 1 aliphatic rings. The molecule has 1 unspecified atom stereocenters. The van der Waals surface area contributed by atoms with Crippen molar-refractivity contribution in [2.24, 2.45) is 7.05 Å². The Morgan fingerprint density at radius 3 is 2.71 bits per heavy atom. The highest BCUT2D eigenvalue weighted by Gasteiger charge is 2.41. The molecule has 3 nitrogen and oxygen atoms in total. The summed E-state index contributed by atoms with van der Waals surface area (Å²) in [5.74, 6) is 1.01. The second kappa shape index (κ2) is 3.16. The molecule has 78 valence electrons. The minimum Gasteiger partial charge on any atom is -0.336 e. The van der Waals surface area contributed by atoms with E-state index < -0.39 is 0 Å². The average Bonchev–Trinajstić information content (AvgIpc) is 2.60. The highest BCUT2D eigenvalue weighted by Crippen LogP contribution is 2.35. The van der Waals surface area contributed by atoms with Gasteiger partial charge in [0.05, 0.1) is 10.9 Å². The average molecular weight is 214 g/mol. The van der Waals surface area contributed by atoms with Crippen molar-refractivity contribution in [3.05, 3.63) is 12.4 Å². The Labute approximate surface area is 89.7 Å². The van der Waals surface area contributed by atoms with Crippen molar-refractivity contribution in [1.82, 2.24) is 9.55 Å². The minimum atomic E-state index is 0.000664. The molecule has 1 atom stereocenters. The van der Waals surface area contributed by atoms with Crippen LogP contribution >= 0.6 is 11.6 Å². The molecule has 1 fully saturated rings. The number of rotatable bonds is 1. The molecule has 0 radical (unpaired) electrons. The van der Waals surface area contributed by atoms with Gasteiger partial charge in [-0.25, -0.2) is 4.98 Å². The molecule has 1 saturated heterocycles. The number of alkyl halides is 1. The molecule has 14 heavy (non-hydrogen) atoms. The Morgan fingerprint density at radius 1 is 1.57 bits per heavy atom. The smallest absolute Gasteiger partial charge is 0.205 e. The zero-order chi connectivity index (χ0) is 10.3. The van der Waals surface area contributed by atoms with Crippen LogP contribution in [0.3, 0.4) is 0 Å². The highest BCUT2D eigenvalue weighted by atomic mass is 35.5. The first-order valence-corrected chi connectivity index (χ1v) is 5.36. The number of aryl methyl sites for hydroxylation is 1. The van der Waals surface area contributed by atoms with Gasteiger partial charge in [-0.3, -0.25) is 0 Å². The Balaban J connectivity index is 2.33. The summed E-state index contributed by atoms with van der Waals surface area (Å²) < 4.78 is 2.04. The Bertz CT molecular complexity index is 332. The molecule has 0 aliphatic carbocycles. The van der Waals surface area contributed by atoms with E-state index in [1.54, 1.807) is 0 Å². The first-order valence-electron chi connectivity index (χ1n) is 4.92. The number of hydrogen-bond acceptors (Lipinski definition) is 2. The molecule has 1 aliphatic heterocycles. The van der Waals surface area contributed by atoms with Gasteiger partial charge in [-0.2, -0.15) is 0 Å². The predicted molar refractivity (Wildman–Crippen MR) is 58.9 cm³/mol. The molecule has 0 saturated carbocycles. The topological polar surface area (TPSA) is 21.1 Å². The molecule has 0 N–H and O–H groups in total. The van der Waals surface area contributed by atoms with Gasteiger partial charge in [-0.15, -0.1) is 11.6 Å². The monoisotopic (exact) mass is 213 g/mol. The predicted octanol–water partition coefficient (Wildman–Crippen LogP) is 2.02. The van der Waals surface area contributed by atoms with Gasteiger partial charge in [0, 0.05) is 26.0 Å². The van der Waals surface area contributed by atoms with Crippen LogP contribution in [0.5, 0.6) is 0 Å². The van der Waals surface area contributed by atoms with Gasteiger partial charge in [0.15, 0.2) is 0 Å². The van der Waals surface area contributed by atoms with E-state index in [-0.39, 0.29) is 10.9 Å². The van der Waals surface area contributed by atoms with E-state index in [0.29, 0.717) is 0 Å². The van der Waals surface area contributed by atoms with Crippen molar-refractivity contribution >= 4 is 17.5 Å². The highest BCUT2D eigenvalue weighted by molar-refractivity contribution is 6.22. The number of hydrogen-bond donors (Lipinski definition) is 0. The zero-order valence-corrected chi connectivity index (χ0v) is 9.62. The second-order valence-corrected chi connectivity index (χ2v) is 4.93. The number of nitrogens with zero attached hydrogens (tertiary/aromatic N) is 3. The van der Waals surface area contributed by atoms with Crippen LogP contribution in [0.2, 0.25) is 0 Å². The summed E-state index contributed by atoms with van der Waals surface area (Å²) in [7, 11) is 2.01. The van der Waals surface area contributed by atoms with E-state index in [1.165, 1.54) is 0 Å². The van der Waals surface area contributed by atoms with Crippen LogP contribution in [0.4, 0.5) is 5.95 Å². The van der Waals surface area contributed by atoms with E-state index in [4.69, 9.17) is 11.6 Å².